The first-order valence-corrected chi connectivity index (χ1v) is 6.40. The highest BCUT2D eigenvalue weighted by atomic mass is 16.5. The van der Waals surface area contributed by atoms with Gasteiger partial charge in [0.05, 0.1) is 7.11 Å². The topological polar surface area (TPSA) is 79.0 Å². The van der Waals surface area contributed by atoms with Gasteiger partial charge in [0.25, 0.3) is 0 Å². The number of urea groups is 1. The minimum absolute atomic E-state index is 0.337. The Hall–Kier alpha value is -2.50. The minimum Gasteiger partial charge on any atom is -0.497 e. The number of aromatic amines is 1. The van der Waals surface area contributed by atoms with Crippen LogP contribution in [0.4, 0.5) is 16.3 Å². The number of aryl methyl sites for hydroxylation is 1. The van der Waals surface area contributed by atoms with Crippen molar-refractivity contribution >= 4 is 17.5 Å². The molecule has 2 rings (SSSR count). The molecule has 1 aromatic carbocycles. The molecule has 0 saturated carbocycles. The Morgan fingerprint density at radius 3 is 2.85 bits per heavy atom. The van der Waals surface area contributed by atoms with E-state index in [-0.39, 0.29) is 6.03 Å². The number of anilines is 2. The molecule has 2 aromatic rings. The lowest BCUT2D eigenvalue weighted by molar-refractivity contribution is 0.262. The summed E-state index contributed by atoms with van der Waals surface area (Å²) in [7, 11) is 1.58. The maximum Gasteiger partial charge on any atom is 0.324 e. The summed E-state index contributed by atoms with van der Waals surface area (Å²) in [6.45, 7) is 3.95. The molecule has 0 bridgehead atoms. The van der Waals surface area contributed by atoms with Crippen molar-refractivity contribution in [3.05, 3.63) is 35.5 Å². The zero-order valence-corrected chi connectivity index (χ0v) is 11.8. The zero-order chi connectivity index (χ0) is 14.5. The molecule has 0 aliphatic heterocycles. The zero-order valence-electron chi connectivity index (χ0n) is 11.8. The fourth-order valence-corrected chi connectivity index (χ4v) is 1.87. The standard InChI is InChI=1S/C14H18N4O2/c1-4-12-9(2)13(18-17-12)16-14(19)15-10-6-5-7-11(8-10)20-3/h5-8H,4H2,1-3H3,(H3,15,16,17,18,19). The van der Waals surface area contributed by atoms with E-state index >= 15 is 0 Å². The van der Waals surface area contributed by atoms with Crippen LogP contribution in [0.25, 0.3) is 0 Å². The maximum atomic E-state index is 11.9. The summed E-state index contributed by atoms with van der Waals surface area (Å²) < 4.78 is 5.10. The third-order valence-electron chi connectivity index (χ3n) is 3.02. The smallest absolute Gasteiger partial charge is 0.324 e. The number of hydrogen-bond acceptors (Lipinski definition) is 3. The second kappa shape index (κ2) is 6.10. The summed E-state index contributed by atoms with van der Waals surface area (Å²) in [5.41, 5.74) is 2.63. The Balaban J connectivity index is 2.03. The summed E-state index contributed by atoms with van der Waals surface area (Å²) in [5, 5.41) is 12.4. The van der Waals surface area contributed by atoms with Crippen LogP contribution in [-0.2, 0) is 6.42 Å². The van der Waals surface area contributed by atoms with E-state index in [0.29, 0.717) is 17.3 Å². The predicted octanol–water partition coefficient (Wildman–Crippen LogP) is 2.93. The molecule has 0 aliphatic carbocycles. The molecule has 2 amide bonds. The van der Waals surface area contributed by atoms with Crippen LogP contribution < -0.4 is 15.4 Å². The van der Waals surface area contributed by atoms with Crippen LogP contribution in [0.15, 0.2) is 24.3 Å². The molecule has 20 heavy (non-hydrogen) atoms. The summed E-state index contributed by atoms with van der Waals surface area (Å²) in [4.78, 5) is 11.9. The van der Waals surface area contributed by atoms with Gasteiger partial charge in [-0.1, -0.05) is 13.0 Å². The van der Waals surface area contributed by atoms with E-state index < -0.39 is 0 Å². The number of methoxy groups -OCH3 is 1. The van der Waals surface area contributed by atoms with Crippen LogP contribution in [-0.4, -0.2) is 23.3 Å². The Labute approximate surface area is 117 Å². The van der Waals surface area contributed by atoms with Crippen molar-refractivity contribution in [2.75, 3.05) is 17.7 Å². The SMILES string of the molecule is CCc1[nH]nc(NC(=O)Nc2cccc(OC)c2)c1C. The highest BCUT2D eigenvalue weighted by Gasteiger charge is 2.10. The van der Waals surface area contributed by atoms with Gasteiger partial charge in [-0.2, -0.15) is 5.10 Å². The normalized spacial score (nSPS) is 10.2. The van der Waals surface area contributed by atoms with Gasteiger partial charge in [-0.05, 0) is 25.5 Å². The molecule has 0 saturated heterocycles. The fraction of sp³-hybridized carbons (Fsp3) is 0.286. The molecule has 6 heteroatoms. The summed E-state index contributed by atoms with van der Waals surface area (Å²) in [6, 6.07) is 6.82. The van der Waals surface area contributed by atoms with Crippen LogP contribution in [0.5, 0.6) is 5.75 Å². The maximum absolute atomic E-state index is 11.9. The third-order valence-corrected chi connectivity index (χ3v) is 3.02. The first-order valence-electron chi connectivity index (χ1n) is 6.40. The molecule has 0 unspecified atom stereocenters. The average molecular weight is 274 g/mol. The van der Waals surface area contributed by atoms with E-state index in [4.69, 9.17) is 4.74 Å². The highest BCUT2D eigenvalue weighted by Crippen LogP contribution is 2.18. The summed E-state index contributed by atoms with van der Waals surface area (Å²) in [6.07, 6.45) is 0.845. The second-order valence-corrected chi connectivity index (χ2v) is 4.34. The van der Waals surface area contributed by atoms with Gasteiger partial charge in [0, 0.05) is 23.0 Å². The number of amides is 2. The number of benzene rings is 1. The monoisotopic (exact) mass is 274 g/mol. The molecule has 1 aromatic heterocycles. The van der Waals surface area contributed by atoms with Gasteiger partial charge >= 0.3 is 6.03 Å². The Morgan fingerprint density at radius 1 is 1.40 bits per heavy atom. The van der Waals surface area contributed by atoms with Crippen molar-refractivity contribution in [3.63, 3.8) is 0 Å². The van der Waals surface area contributed by atoms with E-state index in [2.05, 4.69) is 20.8 Å². The van der Waals surface area contributed by atoms with Crippen LogP contribution in [0, 0.1) is 6.92 Å². The Kier molecular flexibility index (Phi) is 4.24. The molecular weight excluding hydrogens is 256 g/mol. The number of aromatic nitrogens is 2. The molecule has 106 valence electrons. The van der Waals surface area contributed by atoms with Crippen LogP contribution >= 0.6 is 0 Å². The fourth-order valence-electron chi connectivity index (χ4n) is 1.87. The quantitative estimate of drug-likeness (QED) is 0.802. The number of rotatable bonds is 4. The van der Waals surface area contributed by atoms with Crippen molar-refractivity contribution in [1.29, 1.82) is 0 Å². The van der Waals surface area contributed by atoms with E-state index in [0.717, 1.165) is 17.7 Å². The van der Waals surface area contributed by atoms with Crippen LogP contribution in [0.2, 0.25) is 0 Å². The van der Waals surface area contributed by atoms with Gasteiger partial charge in [-0.3, -0.25) is 10.4 Å². The van der Waals surface area contributed by atoms with E-state index in [9.17, 15) is 4.79 Å². The molecule has 3 N–H and O–H groups in total. The van der Waals surface area contributed by atoms with Crippen LogP contribution in [0.3, 0.4) is 0 Å². The first-order chi connectivity index (χ1) is 9.63. The number of ether oxygens (including phenoxy) is 1. The van der Waals surface area contributed by atoms with Crippen molar-refractivity contribution in [2.45, 2.75) is 20.3 Å². The third kappa shape index (κ3) is 3.09. The van der Waals surface area contributed by atoms with E-state index in [1.54, 1.807) is 19.2 Å². The number of carbonyl (C=O) groups excluding carboxylic acids is 1. The summed E-state index contributed by atoms with van der Waals surface area (Å²) >= 11 is 0. The van der Waals surface area contributed by atoms with Gasteiger partial charge in [-0.25, -0.2) is 4.79 Å². The van der Waals surface area contributed by atoms with Crippen LogP contribution in [0.1, 0.15) is 18.2 Å². The number of carbonyl (C=O) groups is 1. The summed E-state index contributed by atoms with van der Waals surface area (Å²) in [5.74, 6) is 1.23. The lowest BCUT2D eigenvalue weighted by Crippen LogP contribution is -2.20. The first kappa shape index (κ1) is 13.9. The van der Waals surface area contributed by atoms with E-state index in [1.807, 2.05) is 26.0 Å². The number of hydrogen-bond donors (Lipinski definition) is 3. The molecule has 0 aliphatic rings. The van der Waals surface area contributed by atoms with Crippen molar-refractivity contribution < 1.29 is 9.53 Å². The van der Waals surface area contributed by atoms with Crippen molar-refractivity contribution in [1.82, 2.24) is 10.2 Å². The number of nitrogens with one attached hydrogen (secondary N) is 3. The van der Waals surface area contributed by atoms with Gasteiger partial charge in [0.1, 0.15) is 5.75 Å². The van der Waals surface area contributed by atoms with Gasteiger partial charge < -0.3 is 10.1 Å². The molecule has 1 heterocycles. The van der Waals surface area contributed by atoms with Gasteiger partial charge in [0.2, 0.25) is 0 Å². The molecule has 0 spiro atoms. The largest absolute Gasteiger partial charge is 0.497 e. The van der Waals surface area contributed by atoms with Gasteiger partial charge in [-0.15, -0.1) is 0 Å². The molecule has 0 fully saturated rings. The minimum atomic E-state index is -0.337. The number of nitrogens with zero attached hydrogens (tertiary/aromatic N) is 1. The van der Waals surface area contributed by atoms with E-state index in [1.165, 1.54) is 0 Å². The second-order valence-electron chi connectivity index (χ2n) is 4.34. The lowest BCUT2D eigenvalue weighted by atomic mass is 10.2. The molecular formula is C14H18N4O2. The lowest BCUT2D eigenvalue weighted by Gasteiger charge is -2.07. The molecule has 0 atom stereocenters. The van der Waals surface area contributed by atoms with Gasteiger partial charge in [0.15, 0.2) is 5.82 Å². The average Bonchev–Trinajstić information content (AvgIpc) is 2.79. The Bertz CT molecular complexity index is 607. The molecule has 6 nitrogen and oxygen atoms in total. The van der Waals surface area contributed by atoms with Crippen molar-refractivity contribution in [3.8, 4) is 5.75 Å². The van der Waals surface area contributed by atoms with Crippen molar-refractivity contribution in [2.24, 2.45) is 0 Å². The number of H-pyrrole nitrogens is 1. The molecule has 0 radical (unpaired) electrons. The Morgan fingerprint density at radius 2 is 2.20 bits per heavy atom. The highest BCUT2D eigenvalue weighted by molar-refractivity contribution is 5.99. The predicted molar refractivity (Wildman–Crippen MR) is 78.3 cm³/mol.